The zero-order valence-electron chi connectivity index (χ0n) is 16.3. The fourth-order valence-corrected chi connectivity index (χ4v) is 4.27. The number of rotatable bonds is 6. The van der Waals surface area contributed by atoms with Crippen LogP contribution < -0.4 is 10.2 Å². The number of aliphatic hydroxyl groups excluding tert-OH is 1. The monoisotopic (exact) mass is 398 g/mol. The van der Waals surface area contributed by atoms with E-state index in [9.17, 15) is 5.11 Å². The molecule has 5 rings (SSSR count). The summed E-state index contributed by atoms with van der Waals surface area (Å²) in [6.07, 6.45) is 9.11. The third kappa shape index (κ3) is 3.65. The van der Waals surface area contributed by atoms with Crippen molar-refractivity contribution < 1.29 is 9.84 Å². The number of nitrogens with one attached hydrogen (secondary N) is 2. The average molecular weight is 398 g/mol. The van der Waals surface area contributed by atoms with E-state index in [1.807, 2.05) is 6.20 Å². The van der Waals surface area contributed by atoms with Gasteiger partial charge in [-0.1, -0.05) is 0 Å². The minimum Gasteiger partial charge on any atom is -0.396 e. The largest absolute Gasteiger partial charge is 0.396 e. The van der Waals surface area contributed by atoms with E-state index in [2.05, 4.69) is 30.5 Å². The summed E-state index contributed by atoms with van der Waals surface area (Å²) in [5.74, 6) is 1.09. The fraction of sp³-hybridized carbons (Fsp3) is 0.579. The van der Waals surface area contributed by atoms with Gasteiger partial charge in [0.25, 0.3) is 0 Å². The van der Waals surface area contributed by atoms with Crippen LogP contribution >= 0.6 is 0 Å². The van der Waals surface area contributed by atoms with Gasteiger partial charge < -0.3 is 20.1 Å². The molecule has 2 fully saturated rings. The minimum absolute atomic E-state index is 0.222. The molecular formula is C19H26N8O2. The number of anilines is 2. The van der Waals surface area contributed by atoms with E-state index in [4.69, 9.17) is 9.72 Å². The first-order valence-corrected chi connectivity index (χ1v) is 10.3. The molecule has 0 aliphatic carbocycles. The Morgan fingerprint density at radius 1 is 1.28 bits per heavy atom. The van der Waals surface area contributed by atoms with Gasteiger partial charge >= 0.3 is 0 Å². The molecule has 3 aromatic rings. The van der Waals surface area contributed by atoms with Gasteiger partial charge in [0.15, 0.2) is 5.65 Å². The van der Waals surface area contributed by atoms with Gasteiger partial charge in [-0.25, -0.2) is 4.98 Å². The number of hydrogen-bond donors (Lipinski definition) is 3. The van der Waals surface area contributed by atoms with E-state index in [1.165, 1.54) is 0 Å². The van der Waals surface area contributed by atoms with Crippen molar-refractivity contribution >= 4 is 17.3 Å². The maximum atomic E-state index is 9.33. The summed E-state index contributed by atoms with van der Waals surface area (Å²) >= 11 is 0. The average Bonchev–Trinajstić information content (AvgIpc) is 3.49. The molecule has 29 heavy (non-hydrogen) atoms. The smallest absolute Gasteiger partial charge is 0.243 e. The second-order valence-corrected chi connectivity index (χ2v) is 7.78. The highest BCUT2D eigenvalue weighted by molar-refractivity contribution is 5.85. The van der Waals surface area contributed by atoms with Crippen LogP contribution in [0.4, 0.5) is 11.6 Å². The minimum atomic E-state index is 0.222. The standard InChI is InChI=1S/C19H26N8O2/c28-6-2-13-1-5-26(11-13)17-16(14-9-21-22-10-14)20-12-27-18(17)24-19(25-27)23-15-3-7-29-8-4-15/h9-10,12-13,15,28H,1-8,11H2,(H,21,22)(H,23,25). The summed E-state index contributed by atoms with van der Waals surface area (Å²) in [7, 11) is 0. The number of H-pyrrole nitrogens is 1. The molecule has 2 aliphatic rings. The predicted octanol–water partition coefficient (Wildman–Crippen LogP) is 1.31. The zero-order valence-corrected chi connectivity index (χ0v) is 16.3. The second-order valence-electron chi connectivity index (χ2n) is 7.78. The Balaban J connectivity index is 1.52. The Hall–Kier alpha value is -2.72. The molecule has 5 heterocycles. The van der Waals surface area contributed by atoms with Gasteiger partial charge in [0.2, 0.25) is 5.95 Å². The van der Waals surface area contributed by atoms with Crippen LogP contribution in [0.15, 0.2) is 18.7 Å². The zero-order chi connectivity index (χ0) is 19.6. The maximum Gasteiger partial charge on any atom is 0.243 e. The van der Waals surface area contributed by atoms with Gasteiger partial charge in [0.05, 0.1) is 6.20 Å². The molecule has 3 aromatic heterocycles. The number of hydrogen-bond acceptors (Lipinski definition) is 8. The molecule has 0 saturated carbocycles. The lowest BCUT2D eigenvalue weighted by Crippen LogP contribution is -2.28. The molecule has 1 atom stereocenters. The molecule has 0 amide bonds. The van der Waals surface area contributed by atoms with Gasteiger partial charge in [-0.3, -0.25) is 5.10 Å². The van der Waals surface area contributed by atoms with Crippen LogP contribution in [0, 0.1) is 5.92 Å². The molecule has 0 aromatic carbocycles. The topological polar surface area (TPSA) is 116 Å². The molecule has 154 valence electrons. The predicted molar refractivity (Wildman–Crippen MR) is 108 cm³/mol. The van der Waals surface area contributed by atoms with E-state index in [0.29, 0.717) is 17.9 Å². The lowest BCUT2D eigenvalue weighted by atomic mass is 10.1. The molecule has 1 unspecified atom stereocenters. The van der Waals surface area contributed by atoms with Crippen LogP contribution in [-0.2, 0) is 4.74 Å². The van der Waals surface area contributed by atoms with Crippen LogP contribution in [0.5, 0.6) is 0 Å². The van der Waals surface area contributed by atoms with Crippen LogP contribution in [-0.4, -0.2) is 73.8 Å². The van der Waals surface area contributed by atoms with Gasteiger partial charge in [0, 0.05) is 50.7 Å². The summed E-state index contributed by atoms with van der Waals surface area (Å²) < 4.78 is 7.19. The van der Waals surface area contributed by atoms with E-state index in [-0.39, 0.29) is 6.61 Å². The van der Waals surface area contributed by atoms with E-state index in [1.54, 1.807) is 17.0 Å². The van der Waals surface area contributed by atoms with Crippen molar-refractivity contribution in [1.29, 1.82) is 0 Å². The molecule has 10 heteroatoms. The van der Waals surface area contributed by atoms with Gasteiger partial charge in [0.1, 0.15) is 17.7 Å². The number of ether oxygens (including phenoxy) is 1. The Bertz CT molecular complexity index is 951. The third-order valence-corrected chi connectivity index (χ3v) is 5.83. The summed E-state index contributed by atoms with van der Waals surface area (Å²) in [5.41, 5.74) is 3.54. The molecule has 0 spiro atoms. The number of aliphatic hydroxyl groups is 1. The number of fused-ring (bicyclic) bond motifs is 1. The van der Waals surface area contributed by atoms with E-state index < -0.39 is 0 Å². The first-order chi connectivity index (χ1) is 14.3. The van der Waals surface area contributed by atoms with Gasteiger partial charge in [-0.05, 0) is 31.6 Å². The van der Waals surface area contributed by atoms with Crippen molar-refractivity contribution in [3.05, 3.63) is 18.7 Å². The molecule has 0 radical (unpaired) electrons. The van der Waals surface area contributed by atoms with Crippen LogP contribution in [0.1, 0.15) is 25.7 Å². The van der Waals surface area contributed by atoms with Crippen LogP contribution in [0.25, 0.3) is 16.9 Å². The molecule has 3 N–H and O–H groups in total. The summed E-state index contributed by atoms with van der Waals surface area (Å²) in [6, 6.07) is 0.326. The normalized spacial score (nSPS) is 20.6. The summed E-state index contributed by atoms with van der Waals surface area (Å²) in [4.78, 5) is 11.8. The lowest BCUT2D eigenvalue weighted by molar-refractivity contribution is 0.0903. The Labute approximate surface area is 168 Å². The molecule has 0 bridgehead atoms. The number of aromatic amines is 1. The number of aromatic nitrogens is 6. The van der Waals surface area contributed by atoms with Crippen molar-refractivity contribution in [1.82, 2.24) is 29.8 Å². The Morgan fingerprint density at radius 2 is 2.17 bits per heavy atom. The van der Waals surface area contributed by atoms with Crippen LogP contribution in [0.2, 0.25) is 0 Å². The summed E-state index contributed by atoms with van der Waals surface area (Å²) in [5, 5.41) is 24.4. The van der Waals surface area contributed by atoms with E-state index in [0.717, 1.165) is 74.6 Å². The second kappa shape index (κ2) is 7.96. The van der Waals surface area contributed by atoms with Crippen molar-refractivity contribution in [3.63, 3.8) is 0 Å². The molecule has 2 aliphatic heterocycles. The highest BCUT2D eigenvalue weighted by Gasteiger charge is 2.28. The lowest BCUT2D eigenvalue weighted by Gasteiger charge is -2.22. The quantitative estimate of drug-likeness (QED) is 0.569. The van der Waals surface area contributed by atoms with Crippen molar-refractivity contribution in [2.24, 2.45) is 5.92 Å². The fourth-order valence-electron chi connectivity index (χ4n) is 4.27. The van der Waals surface area contributed by atoms with E-state index >= 15 is 0 Å². The molecular weight excluding hydrogens is 372 g/mol. The van der Waals surface area contributed by atoms with Gasteiger partial charge in [-0.2, -0.15) is 14.6 Å². The Kier molecular flexibility index (Phi) is 5.03. The van der Waals surface area contributed by atoms with Crippen molar-refractivity contribution in [2.45, 2.75) is 31.7 Å². The number of nitrogens with zero attached hydrogens (tertiary/aromatic N) is 6. The van der Waals surface area contributed by atoms with Crippen molar-refractivity contribution in [3.8, 4) is 11.3 Å². The molecule has 2 saturated heterocycles. The SMILES string of the molecule is OCCC1CCN(c2c(-c3cn[nH]c3)ncn3nc(NC4CCOCC4)nc23)C1. The van der Waals surface area contributed by atoms with Crippen molar-refractivity contribution in [2.75, 3.05) is 43.1 Å². The maximum absolute atomic E-state index is 9.33. The third-order valence-electron chi connectivity index (χ3n) is 5.83. The highest BCUT2D eigenvalue weighted by Crippen LogP contribution is 2.36. The first kappa shape index (κ1) is 18.3. The summed E-state index contributed by atoms with van der Waals surface area (Å²) in [6.45, 7) is 3.54. The highest BCUT2D eigenvalue weighted by atomic mass is 16.5. The first-order valence-electron chi connectivity index (χ1n) is 10.3. The Morgan fingerprint density at radius 3 is 2.97 bits per heavy atom. The van der Waals surface area contributed by atoms with Crippen LogP contribution in [0.3, 0.4) is 0 Å². The van der Waals surface area contributed by atoms with Gasteiger partial charge in [-0.15, -0.1) is 5.10 Å². The molecule has 10 nitrogen and oxygen atoms in total.